The summed E-state index contributed by atoms with van der Waals surface area (Å²) in [6, 6.07) is 6.09. The Hall–Kier alpha value is -0.540. The molecule has 0 bridgehead atoms. The van der Waals surface area contributed by atoms with Crippen LogP contribution in [0, 0.1) is 5.41 Å². The second kappa shape index (κ2) is 5.40. The summed E-state index contributed by atoms with van der Waals surface area (Å²) in [6.07, 6.45) is -0.439. The van der Waals surface area contributed by atoms with Crippen molar-refractivity contribution >= 4 is 21.6 Å². The van der Waals surface area contributed by atoms with Crippen LogP contribution >= 0.6 is 15.9 Å². The first-order valence-corrected chi connectivity index (χ1v) is 6.68. The van der Waals surface area contributed by atoms with Gasteiger partial charge in [0.1, 0.15) is 0 Å². The summed E-state index contributed by atoms with van der Waals surface area (Å²) in [6.45, 7) is 9.44. The molecule has 1 atom stereocenters. The zero-order valence-corrected chi connectivity index (χ0v) is 12.9. The molecule has 0 fully saturated rings. The van der Waals surface area contributed by atoms with Crippen LogP contribution in [0.15, 0.2) is 22.7 Å². The van der Waals surface area contributed by atoms with Crippen LogP contribution < -0.4 is 4.90 Å². The van der Waals surface area contributed by atoms with E-state index in [4.69, 9.17) is 0 Å². The number of rotatable bonds is 3. The van der Waals surface area contributed by atoms with Gasteiger partial charge in [0.2, 0.25) is 0 Å². The molecule has 0 aliphatic rings. The second-order valence-corrected chi connectivity index (χ2v) is 6.65. The first-order chi connectivity index (χ1) is 7.70. The molecular formula is C14H22BrNO. The van der Waals surface area contributed by atoms with E-state index in [0.717, 1.165) is 22.3 Å². The van der Waals surface area contributed by atoms with Crippen molar-refractivity contribution in [1.82, 2.24) is 0 Å². The first kappa shape index (κ1) is 14.5. The van der Waals surface area contributed by atoms with Gasteiger partial charge in [0, 0.05) is 23.8 Å². The van der Waals surface area contributed by atoms with Gasteiger partial charge in [-0.25, -0.2) is 0 Å². The van der Waals surface area contributed by atoms with Crippen LogP contribution in [0.1, 0.15) is 39.4 Å². The van der Waals surface area contributed by atoms with Crippen molar-refractivity contribution in [2.45, 2.75) is 33.8 Å². The number of halogens is 1. The van der Waals surface area contributed by atoms with E-state index < -0.39 is 6.10 Å². The summed E-state index contributed by atoms with van der Waals surface area (Å²) in [5.74, 6) is 0. The highest BCUT2D eigenvalue weighted by atomic mass is 79.9. The third-order valence-corrected chi connectivity index (χ3v) is 3.27. The molecule has 0 aromatic heterocycles. The standard InChI is InChI=1S/C14H22BrNO/c1-10(17)12-7-6-11(8-13(12)15)16(5)9-14(2,3)4/h6-8,10,17H,9H2,1-5H3/t10-/m1/s1. The predicted molar refractivity (Wildman–Crippen MR) is 77.5 cm³/mol. The molecule has 0 heterocycles. The zero-order chi connectivity index (χ0) is 13.2. The predicted octanol–water partition coefficient (Wildman–Crippen LogP) is 3.98. The fraction of sp³-hybridized carbons (Fsp3) is 0.571. The van der Waals surface area contributed by atoms with E-state index in [-0.39, 0.29) is 5.41 Å². The van der Waals surface area contributed by atoms with Crippen LogP contribution in [0.5, 0.6) is 0 Å². The van der Waals surface area contributed by atoms with Gasteiger partial charge in [0.05, 0.1) is 6.10 Å². The molecule has 1 aromatic rings. The number of benzene rings is 1. The summed E-state index contributed by atoms with van der Waals surface area (Å²) in [5, 5.41) is 9.58. The van der Waals surface area contributed by atoms with Crippen molar-refractivity contribution in [3.63, 3.8) is 0 Å². The Morgan fingerprint density at radius 2 is 1.94 bits per heavy atom. The van der Waals surface area contributed by atoms with Crippen molar-refractivity contribution in [2.75, 3.05) is 18.5 Å². The van der Waals surface area contributed by atoms with Gasteiger partial charge in [-0.2, -0.15) is 0 Å². The lowest BCUT2D eigenvalue weighted by Crippen LogP contribution is -2.29. The van der Waals surface area contributed by atoms with Gasteiger partial charge >= 0.3 is 0 Å². The lowest BCUT2D eigenvalue weighted by Gasteiger charge is -2.28. The maximum atomic E-state index is 9.58. The van der Waals surface area contributed by atoms with Gasteiger partial charge in [0.15, 0.2) is 0 Å². The van der Waals surface area contributed by atoms with Gasteiger partial charge in [-0.1, -0.05) is 42.8 Å². The first-order valence-electron chi connectivity index (χ1n) is 5.89. The number of hydrogen-bond acceptors (Lipinski definition) is 2. The van der Waals surface area contributed by atoms with Crippen molar-refractivity contribution < 1.29 is 5.11 Å². The van der Waals surface area contributed by atoms with E-state index in [0.29, 0.717) is 0 Å². The highest BCUT2D eigenvalue weighted by molar-refractivity contribution is 9.10. The van der Waals surface area contributed by atoms with Crippen LogP contribution in [0.3, 0.4) is 0 Å². The summed E-state index contributed by atoms with van der Waals surface area (Å²) < 4.78 is 0.964. The normalized spacial score (nSPS) is 13.6. The van der Waals surface area contributed by atoms with E-state index >= 15 is 0 Å². The maximum absolute atomic E-state index is 9.58. The topological polar surface area (TPSA) is 23.5 Å². The van der Waals surface area contributed by atoms with E-state index in [1.54, 1.807) is 6.92 Å². The van der Waals surface area contributed by atoms with E-state index in [9.17, 15) is 5.11 Å². The van der Waals surface area contributed by atoms with Gasteiger partial charge in [-0.3, -0.25) is 0 Å². The van der Waals surface area contributed by atoms with E-state index in [2.05, 4.69) is 60.8 Å². The Kier molecular flexibility index (Phi) is 4.62. The minimum Gasteiger partial charge on any atom is -0.389 e. The highest BCUT2D eigenvalue weighted by Gasteiger charge is 2.15. The van der Waals surface area contributed by atoms with Crippen LogP contribution in [0.4, 0.5) is 5.69 Å². The zero-order valence-electron chi connectivity index (χ0n) is 11.3. The molecule has 0 spiro atoms. The lowest BCUT2D eigenvalue weighted by atomic mass is 9.96. The van der Waals surface area contributed by atoms with Gasteiger partial charge in [0.25, 0.3) is 0 Å². The minimum absolute atomic E-state index is 0.268. The average Bonchev–Trinajstić information content (AvgIpc) is 2.14. The summed E-state index contributed by atoms with van der Waals surface area (Å²) in [7, 11) is 2.09. The highest BCUT2D eigenvalue weighted by Crippen LogP contribution is 2.29. The van der Waals surface area contributed by atoms with E-state index in [1.807, 2.05) is 6.07 Å². The van der Waals surface area contributed by atoms with Gasteiger partial charge < -0.3 is 10.0 Å². The molecule has 17 heavy (non-hydrogen) atoms. The molecule has 96 valence electrons. The average molecular weight is 300 g/mol. The molecule has 3 heteroatoms. The molecule has 0 aliphatic carbocycles. The van der Waals surface area contributed by atoms with Crippen LogP contribution in [0.25, 0.3) is 0 Å². The number of aliphatic hydroxyl groups is 1. The maximum Gasteiger partial charge on any atom is 0.0772 e. The fourth-order valence-electron chi connectivity index (χ4n) is 1.90. The molecule has 0 unspecified atom stereocenters. The van der Waals surface area contributed by atoms with Crippen LogP contribution in [-0.4, -0.2) is 18.7 Å². The molecule has 0 saturated carbocycles. The third kappa shape index (κ3) is 4.32. The molecule has 1 aromatic carbocycles. The Labute approximate surface area is 113 Å². The van der Waals surface area contributed by atoms with Crippen molar-refractivity contribution in [1.29, 1.82) is 0 Å². The SMILES string of the molecule is C[C@@H](O)c1ccc(N(C)CC(C)(C)C)cc1Br. The fourth-order valence-corrected chi connectivity index (χ4v) is 2.59. The molecule has 0 radical (unpaired) electrons. The smallest absolute Gasteiger partial charge is 0.0772 e. The molecular weight excluding hydrogens is 278 g/mol. The largest absolute Gasteiger partial charge is 0.389 e. The quantitative estimate of drug-likeness (QED) is 0.912. The molecule has 1 rings (SSSR count). The molecule has 0 aliphatic heterocycles. The Morgan fingerprint density at radius 3 is 2.35 bits per heavy atom. The Balaban J connectivity index is 2.90. The number of aliphatic hydroxyl groups excluding tert-OH is 1. The lowest BCUT2D eigenvalue weighted by molar-refractivity contribution is 0.198. The number of nitrogens with zero attached hydrogens (tertiary/aromatic N) is 1. The third-order valence-electron chi connectivity index (χ3n) is 2.59. The Bertz CT molecular complexity index is 382. The number of anilines is 1. The van der Waals surface area contributed by atoms with Gasteiger partial charge in [-0.15, -0.1) is 0 Å². The summed E-state index contributed by atoms with van der Waals surface area (Å²) in [5.41, 5.74) is 2.36. The second-order valence-electron chi connectivity index (χ2n) is 5.80. The minimum atomic E-state index is -0.439. The number of hydrogen-bond donors (Lipinski definition) is 1. The molecule has 1 N–H and O–H groups in total. The Morgan fingerprint density at radius 1 is 1.35 bits per heavy atom. The van der Waals surface area contributed by atoms with E-state index in [1.165, 1.54) is 0 Å². The summed E-state index contributed by atoms with van der Waals surface area (Å²) >= 11 is 3.51. The monoisotopic (exact) mass is 299 g/mol. The van der Waals surface area contributed by atoms with Crippen molar-refractivity contribution in [3.8, 4) is 0 Å². The molecule has 2 nitrogen and oxygen atoms in total. The molecule has 0 amide bonds. The van der Waals surface area contributed by atoms with Gasteiger partial charge in [-0.05, 0) is 30.0 Å². The van der Waals surface area contributed by atoms with Crippen LogP contribution in [-0.2, 0) is 0 Å². The van der Waals surface area contributed by atoms with Crippen molar-refractivity contribution in [2.24, 2.45) is 5.41 Å². The van der Waals surface area contributed by atoms with Crippen molar-refractivity contribution in [3.05, 3.63) is 28.2 Å². The molecule has 0 saturated heterocycles. The summed E-state index contributed by atoms with van der Waals surface area (Å²) in [4.78, 5) is 2.23. The van der Waals surface area contributed by atoms with Crippen LogP contribution in [0.2, 0.25) is 0 Å².